The minimum absolute atomic E-state index is 0.347. The van der Waals surface area contributed by atoms with Crippen LogP contribution in [0.25, 0.3) is 0 Å². The maximum Gasteiger partial charge on any atom is 0.0602 e. The first kappa shape index (κ1) is 14.8. The van der Waals surface area contributed by atoms with E-state index in [-0.39, 0.29) is 0 Å². The first-order valence-corrected chi connectivity index (χ1v) is 8.30. The van der Waals surface area contributed by atoms with Gasteiger partial charge in [-0.05, 0) is 30.2 Å². The smallest absolute Gasteiger partial charge is 0.0602 e. The van der Waals surface area contributed by atoms with Crippen LogP contribution in [0.4, 0.5) is 0 Å². The van der Waals surface area contributed by atoms with Gasteiger partial charge in [0.2, 0.25) is 0 Å². The van der Waals surface area contributed by atoms with Crippen molar-refractivity contribution in [3.63, 3.8) is 0 Å². The number of aryl methyl sites for hydroxylation is 1. The molecule has 0 aromatic heterocycles. The summed E-state index contributed by atoms with van der Waals surface area (Å²) >= 11 is 3.53. The van der Waals surface area contributed by atoms with E-state index in [2.05, 4.69) is 81.6 Å². The molecule has 1 aliphatic heterocycles. The van der Waals surface area contributed by atoms with Gasteiger partial charge in [-0.1, -0.05) is 57.9 Å². The van der Waals surface area contributed by atoms with Crippen molar-refractivity contribution < 1.29 is 0 Å². The van der Waals surface area contributed by atoms with Gasteiger partial charge in [-0.2, -0.15) is 0 Å². The molecule has 1 N–H and O–H groups in total. The van der Waals surface area contributed by atoms with Crippen LogP contribution in [0.3, 0.4) is 0 Å². The van der Waals surface area contributed by atoms with E-state index in [4.69, 9.17) is 0 Å². The number of nitrogens with one attached hydrogen (secondary N) is 1. The van der Waals surface area contributed by atoms with Crippen LogP contribution in [0.2, 0.25) is 0 Å². The predicted molar refractivity (Wildman–Crippen MR) is 91.6 cm³/mol. The molecule has 0 amide bonds. The van der Waals surface area contributed by atoms with Crippen molar-refractivity contribution in [2.24, 2.45) is 0 Å². The summed E-state index contributed by atoms with van der Waals surface area (Å²) in [5, 5.41) is 3.44. The highest BCUT2D eigenvalue weighted by atomic mass is 79.9. The summed E-state index contributed by atoms with van der Waals surface area (Å²) in [5.74, 6) is 0. The monoisotopic (exact) mass is 344 g/mol. The third-order valence-corrected chi connectivity index (χ3v) is 4.59. The average Bonchev–Trinajstić information content (AvgIpc) is 2.51. The van der Waals surface area contributed by atoms with E-state index in [9.17, 15) is 0 Å². The van der Waals surface area contributed by atoms with E-state index < -0.39 is 0 Å². The normalized spacial score (nSPS) is 17.6. The fraction of sp³-hybridized carbons (Fsp3) is 0.333. The molecular weight excluding hydrogens is 324 g/mol. The lowest BCUT2D eigenvalue weighted by atomic mass is 9.95. The van der Waals surface area contributed by atoms with Crippen molar-refractivity contribution in [2.75, 3.05) is 26.2 Å². The summed E-state index contributed by atoms with van der Waals surface area (Å²) < 4.78 is 1.13. The summed E-state index contributed by atoms with van der Waals surface area (Å²) in [7, 11) is 0. The van der Waals surface area contributed by atoms with Crippen molar-refractivity contribution in [1.29, 1.82) is 0 Å². The molecule has 1 fully saturated rings. The number of nitrogens with zero attached hydrogens (tertiary/aromatic N) is 1. The first-order chi connectivity index (χ1) is 10.2. The molecule has 2 aromatic carbocycles. The number of hydrogen-bond donors (Lipinski definition) is 1. The number of piperazine rings is 1. The van der Waals surface area contributed by atoms with Crippen LogP contribution in [0.5, 0.6) is 0 Å². The Bertz CT molecular complexity index is 588. The molecule has 21 heavy (non-hydrogen) atoms. The van der Waals surface area contributed by atoms with Gasteiger partial charge < -0.3 is 5.32 Å². The van der Waals surface area contributed by atoms with Crippen LogP contribution in [0.15, 0.2) is 53.0 Å². The summed E-state index contributed by atoms with van der Waals surface area (Å²) in [6.07, 6.45) is 0. The number of hydrogen-bond acceptors (Lipinski definition) is 2. The SMILES string of the molecule is Cc1cccc(C(c2ccc(Br)cc2)N2CCNCC2)c1. The van der Waals surface area contributed by atoms with E-state index in [0.29, 0.717) is 6.04 Å². The molecule has 0 spiro atoms. The van der Waals surface area contributed by atoms with Gasteiger partial charge >= 0.3 is 0 Å². The molecule has 1 unspecified atom stereocenters. The first-order valence-electron chi connectivity index (χ1n) is 7.51. The van der Waals surface area contributed by atoms with Crippen LogP contribution in [0, 0.1) is 6.92 Å². The second kappa shape index (κ2) is 6.73. The minimum Gasteiger partial charge on any atom is -0.314 e. The van der Waals surface area contributed by atoms with Gasteiger partial charge in [0, 0.05) is 30.7 Å². The van der Waals surface area contributed by atoms with Crippen molar-refractivity contribution in [3.8, 4) is 0 Å². The predicted octanol–water partition coefficient (Wildman–Crippen LogP) is 3.75. The average molecular weight is 345 g/mol. The van der Waals surface area contributed by atoms with Gasteiger partial charge in [0.1, 0.15) is 0 Å². The molecule has 1 saturated heterocycles. The van der Waals surface area contributed by atoms with Crippen molar-refractivity contribution in [3.05, 3.63) is 69.7 Å². The molecule has 2 nitrogen and oxygen atoms in total. The zero-order valence-electron chi connectivity index (χ0n) is 12.3. The maximum absolute atomic E-state index is 3.53. The molecule has 3 rings (SSSR count). The highest BCUT2D eigenvalue weighted by molar-refractivity contribution is 9.10. The molecule has 0 radical (unpaired) electrons. The van der Waals surface area contributed by atoms with Crippen molar-refractivity contribution >= 4 is 15.9 Å². The molecule has 0 aliphatic carbocycles. The summed E-state index contributed by atoms with van der Waals surface area (Å²) in [6, 6.07) is 18.0. The van der Waals surface area contributed by atoms with Gasteiger partial charge in [0.15, 0.2) is 0 Å². The molecule has 1 heterocycles. The molecule has 0 bridgehead atoms. The number of benzene rings is 2. The standard InChI is InChI=1S/C18H21BrN2/c1-14-3-2-4-16(13-14)18(21-11-9-20-10-12-21)15-5-7-17(19)8-6-15/h2-8,13,18,20H,9-12H2,1H3. The lowest BCUT2D eigenvalue weighted by Crippen LogP contribution is -2.45. The van der Waals surface area contributed by atoms with Gasteiger partial charge in [-0.15, -0.1) is 0 Å². The number of halogens is 1. The minimum atomic E-state index is 0.347. The van der Waals surface area contributed by atoms with Crippen LogP contribution >= 0.6 is 15.9 Å². The second-order valence-electron chi connectivity index (χ2n) is 5.65. The fourth-order valence-corrected chi connectivity index (χ4v) is 3.30. The summed E-state index contributed by atoms with van der Waals surface area (Å²) in [5.41, 5.74) is 4.08. The van der Waals surface area contributed by atoms with Gasteiger partial charge in [0.05, 0.1) is 6.04 Å². The van der Waals surface area contributed by atoms with Gasteiger partial charge in [0.25, 0.3) is 0 Å². The molecule has 1 aliphatic rings. The van der Waals surface area contributed by atoms with E-state index in [1.54, 1.807) is 0 Å². The lowest BCUT2D eigenvalue weighted by Gasteiger charge is -2.35. The van der Waals surface area contributed by atoms with E-state index in [0.717, 1.165) is 30.7 Å². The third kappa shape index (κ3) is 3.54. The Morgan fingerprint density at radius 3 is 2.38 bits per heavy atom. The highest BCUT2D eigenvalue weighted by Crippen LogP contribution is 2.30. The lowest BCUT2D eigenvalue weighted by molar-refractivity contribution is 0.198. The summed E-state index contributed by atoms with van der Waals surface area (Å²) in [6.45, 7) is 6.49. The van der Waals surface area contributed by atoms with Crippen molar-refractivity contribution in [1.82, 2.24) is 10.2 Å². The Morgan fingerprint density at radius 1 is 1.00 bits per heavy atom. The van der Waals surface area contributed by atoms with Crippen LogP contribution in [-0.2, 0) is 0 Å². The Kier molecular flexibility index (Phi) is 4.73. The quantitative estimate of drug-likeness (QED) is 0.911. The molecular formula is C18H21BrN2. The van der Waals surface area contributed by atoms with Gasteiger partial charge in [-0.25, -0.2) is 0 Å². The Morgan fingerprint density at radius 2 is 1.71 bits per heavy atom. The van der Waals surface area contributed by atoms with E-state index in [1.807, 2.05) is 0 Å². The Labute approximate surface area is 135 Å². The highest BCUT2D eigenvalue weighted by Gasteiger charge is 2.23. The van der Waals surface area contributed by atoms with Gasteiger partial charge in [-0.3, -0.25) is 4.90 Å². The maximum atomic E-state index is 3.53. The van der Waals surface area contributed by atoms with E-state index >= 15 is 0 Å². The topological polar surface area (TPSA) is 15.3 Å². The summed E-state index contributed by atoms with van der Waals surface area (Å²) in [4.78, 5) is 2.58. The zero-order chi connectivity index (χ0) is 14.7. The molecule has 0 saturated carbocycles. The fourth-order valence-electron chi connectivity index (χ4n) is 3.04. The molecule has 1 atom stereocenters. The third-order valence-electron chi connectivity index (χ3n) is 4.06. The van der Waals surface area contributed by atoms with Crippen molar-refractivity contribution in [2.45, 2.75) is 13.0 Å². The largest absolute Gasteiger partial charge is 0.314 e. The molecule has 110 valence electrons. The Balaban J connectivity index is 1.99. The second-order valence-corrected chi connectivity index (χ2v) is 6.57. The zero-order valence-corrected chi connectivity index (χ0v) is 13.9. The molecule has 2 aromatic rings. The van der Waals surface area contributed by atoms with E-state index in [1.165, 1.54) is 16.7 Å². The van der Waals surface area contributed by atoms with Crippen LogP contribution in [-0.4, -0.2) is 31.1 Å². The molecule has 3 heteroatoms. The van der Waals surface area contributed by atoms with Crippen LogP contribution in [0.1, 0.15) is 22.7 Å². The number of rotatable bonds is 3. The Hall–Kier alpha value is -1.16. The van der Waals surface area contributed by atoms with Crippen LogP contribution < -0.4 is 5.32 Å².